The van der Waals surface area contributed by atoms with Gasteiger partial charge in [-0.3, -0.25) is 29.7 Å². The second-order valence-electron chi connectivity index (χ2n) is 12.3. The van der Waals surface area contributed by atoms with Crippen LogP contribution in [-0.2, 0) is 19.6 Å². The van der Waals surface area contributed by atoms with Gasteiger partial charge in [0.1, 0.15) is 13.2 Å². The van der Waals surface area contributed by atoms with Gasteiger partial charge < -0.3 is 40.7 Å². The maximum Gasteiger partial charge on any atom is 0.407 e. The molecule has 6 amide bonds. The van der Waals surface area contributed by atoms with Gasteiger partial charge >= 0.3 is 24.2 Å². The molecule has 55 heavy (non-hydrogen) atoms. The van der Waals surface area contributed by atoms with Gasteiger partial charge in [0.2, 0.25) is 11.9 Å². The highest BCUT2D eigenvalue weighted by molar-refractivity contribution is 7.85. The van der Waals surface area contributed by atoms with Crippen LogP contribution < -0.4 is 43.0 Å². The maximum atomic E-state index is 12.1. The summed E-state index contributed by atoms with van der Waals surface area (Å²) in [6, 6.07) is 1.65. The van der Waals surface area contributed by atoms with Gasteiger partial charge in [0.15, 0.2) is 0 Å². The first kappa shape index (κ1) is 45.9. The van der Waals surface area contributed by atoms with E-state index in [1.165, 1.54) is 12.1 Å². The molecule has 0 spiro atoms. The molecule has 0 aliphatic heterocycles. The molecular weight excluding hydrogens is 746 g/mol. The van der Waals surface area contributed by atoms with Crippen molar-refractivity contribution in [1.82, 2.24) is 46.1 Å². The summed E-state index contributed by atoms with van der Waals surface area (Å²) in [5, 5.41) is 15.5. The molecule has 9 N–H and O–H groups in total. The van der Waals surface area contributed by atoms with Gasteiger partial charge in [0, 0.05) is 69.3 Å². The third-order valence-corrected chi connectivity index (χ3v) is 8.18. The van der Waals surface area contributed by atoms with E-state index in [4.69, 9.17) is 14.0 Å². The Morgan fingerprint density at radius 1 is 0.655 bits per heavy atom. The SMILES string of the molecule is Cc1cc(=O)nc(NC(=O)NCCCCCCNC(=O)OCCN(CCOC(=O)NCCCCCCNC(=O)Nc2nc(=O)cc(C)[nH]2)CCS(=O)(=O)O)[nH]1. The van der Waals surface area contributed by atoms with E-state index < -0.39 is 51.2 Å². The van der Waals surface area contributed by atoms with Crippen LogP contribution in [0.2, 0.25) is 0 Å². The number of urea groups is 2. The third-order valence-electron chi connectivity index (χ3n) is 7.48. The number of aromatic nitrogens is 4. The van der Waals surface area contributed by atoms with Crippen molar-refractivity contribution >= 4 is 46.3 Å². The highest BCUT2D eigenvalue weighted by atomic mass is 32.2. The number of ether oxygens (including phenoxy) is 2. The van der Waals surface area contributed by atoms with Gasteiger partial charge in [0.05, 0.1) is 5.75 Å². The van der Waals surface area contributed by atoms with Gasteiger partial charge in [0.25, 0.3) is 21.2 Å². The average Bonchev–Trinajstić information content (AvgIpc) is 3.08. The van der Waals surface area contributed by atoms with E-state index in [1.54, 1.807) is 18.7 Å². The number of amides is 6. The number of hydrogen-bond acceptors (Lipinski definition) is 13. The van der Waals surface area contributed by atoms with Gasteiger partial charge in [-0.1, -0.05) is 25.7 Å². The zero-order valence-corrected chi connectivity index (χ0v) is 32.0. The number of anilines is 2. The zero-order chi connectivity index (χ0) is 40.5. The van der Waals surface area contributed by atoms with Crippen LogP contribution in [0.15, 0.2) is 21.7 Å². The molecule has 0 aliphatic carbocycles. The lowest BCUT2D eigenvalue weighted by molar-refractivity contribution is 0.108. The largest absolute Gasteiger partial charge is 0.448 e. The molecule has 0 unspecified atom stereocenters. The number of nitrogens with zero attached hydrogens (tertiary/aromatic N) is 3. The van der Waals surface area contributed by atoms with Gasteiger partial charge in [-0.25, -0.2) is 19.2 Å². The second kappa shape index (κ2) is 25.7. The number of nitrogens with one attached hydrogen (secondary N) is 8. The summed E-state index contributed by atoms with van der Waals surface area (Å²) in [6.45, 7) is 4.93. The fraction of sp³-hybridized carbons (Fsp3) is 0.625. The van der Waals surface area contributed by atoms with Crippen molar-refractivity contribution in [2.24, 2.45) is 0 Å². The summed E-state index contributed by atoms with van der Waals surface area (Å²) in [7, 11) is -4.25. The van der Waals surface area contributed by atoms with Crippen molar-refractivity contribution in [3.05, 3.63) is 44.2 Å². The molecule has 0 aliphatic rings. The second-order valence-corrected chi connectivity index (χ2v) is 13.9. The van der Waals surface area contributed by atoms with Gasteiger partial charge in [-0.15, -0.1) is 0 Å². The number of unbranched alkanes of at least 4 members (excludes halogenated alkanes) is 6. The standard InChI is InChI=1S/C32H53N11O11S/c1-23-21-25(44)39-27(37-23)41-29(46)33-11-7-3-5-9-13-35-31(48)53-18-15-43(17-20-55(50,51)52)16-19-54-32(49)36-14-10-6-4-8-12-34-30(47)42-28-38-24(2)22-26(45)40-28/h21-22H,3-20H2,1-2H3,(H,35,48)(H,36,49)(H,50,51,52)(H3,33,37,39,41,44,46)(H3,34,38,40,42,45,47). The van der Waals surface area contributed by atoms with Crippen molar-refractivity contribution in [2.45, 2.75) is 65.2 Å². The molecule has 0 atom stereocenters. The Bertz CT molecular complexity index is 1630. The molecule has 0 fully saturated rings. The minimum absolute atomic E-state index is 0.0624. The molecule has 308 valence electrons. The van der Waals surface area contributed by atoms with Crippen molar-refractivity contribution in [1.29, 1.82) is 0 Å². The van der Waals surface area contributed by atoms with Crippen LogP contribution in [0.4, 0.5) is 31.1 Å². The van der Waals surface area contributed by atoms with E-state index in [1.807, 2.05) is 0 Å². The molecule has 0 aromatic carbocycles. The van der Waals surface area contributed by atoms with E-state index in [2.05, 4.69) is 51.8 Å². The number of rotatable bonds is 25. The van der Waals surface area contributed by atoms with Crippen LogP contribution in [0, 0.1) is 13.8 Å². The van der Waals surface area contributed by atoms with Crippen LogP contribution in [0.3, 0.4) is 0 Å². The smallest absolute Gasteiger partial charge is 0.407 e. The van der Waals surface area contributed by atoms with Crippen molar-refractivity contribution in [3.63, 3.8) is 0 Å². The van der Waals surface area contributed by atoms with Crippen LogP contribution in [0.1, 0.15) is 62.8 Å². The zero-order valence-electron chi connectivity index (χ0n) is 31.2. The van der Waals surface area contributed by atoms with E-state index >= 15 is 0 Å². The molecule has 2 heterocycles. The molecule has 0 saturated heterocycles. The summed E-state index contributed by atoms with van der Waals surface area (Å²) in [6.07, 6.45) is 4.59. The summed E-state index contributed by atoms with van der Waals surface area (Å²) >= 11 is 0. The first-order valence-electron chi connectivity index (χ1n) is 17.9. The van der Waals surface area contributed by atoms with Crippen LogP contribution in [0.25, 0.3) is 0 Å². The number of aryl methyl sites for hydroxylation is 2. The predicted molar refractivity (Wildman–Crippen MR) is 202 cm³/mol. The Labute approximate surface area is 318 Å². The topological polar surface area (TPSA) is 308 Å². The summed E-state index contributed by atoms with van der Waals surface area (Å²) in [4.78, 5) is 85.3. The number of alkyl carbamates (subject to hydrolysis) is 2. The molecular formula is C32H53N11O11S. The lowest BCUT2D eigenvalue weighted by atomic mass is 10.2. The Hall–Kier alpha value is -5.29. The lowest BCUT2D eigenvalue weighted by Crippen LogP contribution is -2.37. The van der Waals surface area contributed by atoms with Crippen molar-refractivity contribution in [2.75, 3.05) is 75.4 Å². The highest BCUT2D eigenvalue weighted by Gasteiger charge is 2.13. The van der Waals surface area contributed by atoms with Gasteiger partial charge in [-0.05, 0) is 39.5 Å². The molecule has 2 aromatic rings. The number of aromatic amines is 2. The molecule has 2 rings (SSSR count). The highest BCUT2D eigenvalue weighted by Crippen LogP contribution is 2.01. The van der Waals surface area contributed by atoms with E-state index in [0.29, 0.717) is 63.3 Å². The fourth-order valence-corrected chi connectivity index (χ4v) is 5.28. The maximum absolute atomic E-state index is 12.1. The van der Waals surface area contributed by atoms with E-state index in [-0.39, 0.29) is 44.7 Å². The number of carbonyl (C=O) groups excluding carboxylic acids is 4. The van der Waals surface area contributed by atoms with Crippen molar-refractivity contribution < 1.29 is 41.6 Å². The first-order valence-corrected chi connectivity index (χ1v) is 19.5. The summed E-state index contributed by atoms with van der Waals surface area (Å²) < 4.78 is 42.0. The monoisotopic (exact) mass is 799 g/mol. The molecule has 23 heteroatoms. The van der Waals surface area contributed by atoms with Crippen LogP contribution in [0.5, 0.6) is 0 Å². The quantitative estimate of drug-likeness (QED) is 0.0503. The Morgan fingerprint density at radius 2 is 1.04 bits per heavy atom. The molecule has 0 bridgehead atoms. The summed E-state index contributed by atoms with van der Waals surface area (Å²) in [5.41, 5.74) is 0.225. The molecule has 0 saturated carbocycles. The lowest BCUT2D eigenvalue weighted by Gasteiger charge is -2.21. The van der Waals surface area contributed by atoms with Gasteiger partial charge in [-0.2, -0.15) is 18.4 Å². The van der Waals surface area contributed by atoms with Crippen LogP contribution >= 0.6 is 0 Å². The molecule has 0 radical (unpaired) electrons. The first-order chi connectivity index (χ1) is 26.2. The minimum Gasteiger partial charge on any atom is -0.448 e. The normalized spacial score (nSPS) is 11.1. The number of carbonyl (C=O) groups is 4. The Morgan fingerprint density at radius 3 is 1.40 bits per heavy atom. The molecule has 2 aromatic heterocycles. The van der Waals surface area contributed by atoms with E-state index in [0.717, 1.165) is 25.7 Å². The minimum atomic E-state index is -4.25. The fourth-order valence-electron chi connectivity index (χ4n) is 4.79. The van der Waals surface area contributed by atoms with E-state index in [9.17, 15) is 37.2 Å². The average molecular weight is 800 g/mol. The Kier molecular flexibility index (Phi) is 21.4. The number of H-pyrrole nitrogens is 2. The van der Waals surface area contributed by atoms with Crippen molar-refractivity contribution in [3.8, 4) is 0 Å². The Balaban J connectivity index is 1.49. The predicted octanol–water partition coefficient (Wildman–Crippen LogP) is 1.18. The summed E-state index contributed by atoms with van der Waals surface area (Å²) in [5.74, 6) is -0.429. The molecule has 22 nitrogen and oxygen atoms in total. The number of hydrogen-bond donors (Lipinski definition) is 9. The van der Waals surface area contributed by atoms with Crippen LogP contribution in [-0.4, -0.2) is 127 Å². The third kappa shape index (κ3) is 23.9.